The second-order valence-corrected chi connectivity index (χ2v) is 11.1. The summed E-state index contributed by atoms with van der Waals surface area (Å²) in [7, 11) is -4.09. The molecule has 2 amide bonds. The fourth-order valence-corrected chi connectivity index (χ4v) is 7.46. The number of nitrogens with one attached hydrogen (secondary N) is 1. The van der Waals surface area contributed by atoms with Crippen molar-refractivity contribution >= 4 is 19.6 Å². The zero-order valence-electron chi connectivity index (χ0n) is 18.3. The van der Waals surface area contributed by atoms with Gasteiger partial charge in [0.25, 0.3) is 0 Å². The summed E-state index contributed by atoms with van der Waals surface area (Å²) in [5.74, 6) is -1.90. The van der Waals surface area contributed by atoms with Crippen molar-refractivity contribution in [2.45, 2.75) is 56.5 Å². The van der Waals surface area contributed by atoms with Crippen LogP contribution >= 0.6 is 7.82 Å². The number of aliphatic hydroxyl groups is 2. The first-order valence-corrected chi connectivity index (χ1v) is 13.1. The average Bonchev–Trinajstić information content (AvgIpc) is 3.36. The third-order valence-electron chi connectivity index (χ3n) is 7.56. The van der Waals surface area contributed by atoms with Crippen molar-refractivity contribution in [3.63, 3.8) is 0 Å². The first-order valence-electron chi connectivity index (χ1n) is 11.6. The van der Waals surface area contributed by atoms with Gasteiger partial charge in [-0.15, -0.1) is 0 Å². The number of carbonyl (C=O) groups is 2. The van der Waals surface area contributed by atoms with Crippen molar-refractivity contribution in [1.82, 2.24) is 10.2 Å². The number of rotatable bonds is 3. The molecule has 2 aliphatic carbocycles. The van der Waals surface area contributed by atoms with Crippen LogP contribution in [-0.4, -0.2) is 71.3 Å². The number of fused-ring (bicyclic) bond motifs is 6. The van der Waals surface area contributed by atoms with Gasteiger partial charge in [-0.25, -0.2) is 4.57 Å². The monoisotopic (exact) mass is 498 g/mol. The molecule has 6 rings (SSSR count). The number of phosphoric acid groups is 1. The second kappa shape index (κ2) is 8.23. The molecule has 0 aromatic carbocycles. The minimum atomic E-state index is -4.09. The molecule has 34 heavy (non-hydrogen) atoms. The highest BCUT2D eigenvalue weighted by Gasteiger charge is 2.62. The lowest BCUT2D eigenvalue weighted by Crippen LogP contribution is -2.65. The molecule has 0 radical (unpaired) electrons. The van der Waals surface area contributed by atoms with Crippen molar-refractivity contribution in [1.29, 1.82) is 0 Å². The lowest BCUT2D eigenvalue weighted by atomic mass is 9.64. The summed E-state index contributed by atoms with van der Waals surface area (Å²) >= 11 is 0. The van der Waals surface area contributed by atoms with Gasteiger partial charge in [0.05, 0.1) is 12.1 Å². The normalized spacial score (nSPS) is 43.5. The molecular weight excluding hydrogens is 471 g/mol. The topological polar surface area (TPSA) is 153 Å². The standard InChI is InChI=1S/C21H27N2O10P/c24-12-6-11-10-7-13-19(30-9-29-13)17(26)15(10)21(27)22-16(11)20-18(12)32-34(28,33-20)31-8-23-5-3-1-2-4-14(23)25/h7,10-12,15-16,18,20,24,26H,1-6,8-9H2,(H,22,27)/t10?,11?,12-,15?,16+,18+,20-,34?/m0/s1. The molecule has 0 aromatic rings. The highest BCUT2D eigenvalue weighted by molar-refractivity contribution is 7.48. The molecule has 4 aliphatic heterocycles. The number of aliphatic hydroxyl groups excluding tert-OH is 2. The molecule has 3 N–H and O–H groups in total. The number of piperidine rings is 1. The Bertz CT molecular complexity index is 1010. The minimum absolute atomic E-state index is 0.0509. The molecular formula is C21H27N2O10P. The van der Waals surface area contributed by atoms with Gasteiger partial charge in [0.1, 0.15) is 24.9 Å². The lowest BCUT2D eigenvalue weighted by Gasteiger charge is -2.49. The second-order valence-electron chi connectivity index (χ2n) is 9.52. The largest absolute Gasteiger partial charge is 0.507 e. The van der Waals surface area contributed by atoms with Gasteiger partial charge in [-0.1, -0.05) is 6.42 Å². The molecule has 13 heteroatoms. The summed E-state index contributed by atoms with van der Waals surface area (Å²) in [6.45, 7) is 0.212. The van der Waals surface area contributed by atoms with Gasteiger partial charge >= 0.3 is 7.82 Å². The number of phosphoric ester groups is 1. The van der Waals surface area contributed by atoms with Crippen LogP contribution in [0.5, 0.6) is 0 Å². The predicted molar refractivity (Wildman–Crippen MR) is 111 cm³/mol. The quantitative estimate of drug-likeness (QED) is 0.481. The minimum Gasteiger partial charge on any atom is -0.507 e. The van der Waals surface area contributed by atoms with E-state index in [4.69, 9.17) is 23.0 Å². The first kappa shape index (κ1) is 22.4. The van der Waals surface area contributed by atoms with Crippen LogP contribution < -0.4 is 5.32 Å². The summed E-state index contributed by atoms with van der Waals surface area (Å²) < 4.78 is 40.8. The van der Waals surface area contributed by atoms with Gasteiger partial charge in [-0.3, -0.25) is 23.2 Å². The number of nitrogens with zero attached hydrogens (tertiary/aromatic N) is 1. The first-order chi connectivity index (χ1) is 16.3. The van der Waals surface area contributed by atoms with Crippen molar-refractivity contribution in [3.05, 3.63) is 23.4 Å². The molecule has 1 saturated carbocycles. The molecule has 8 atom stereocenters. The Balaban J connectivity index is 1.21. The number of carbonyl (C=O) groups excluding carboxylic acids is 2. The van der Waals surface area contributed by atoms with Crippen LogP contribution in [0.15, 0.2) is 23.4 Å². The number of allylic oxidation sites excluding steroid dienone is 1. The highest BCUT2D eigenvalue weighted by Crippen LogP contribution is 2.61. The van der Waals surface area contributed by atoms with Gasteiger partial charge in [0.15, 0.2) is 11.5 Å². The lowest BCUT2D eigenvalue weighted by molar-refractivity contribution is -0.139. The Hall–Kier alpha value is -2.11. The highest BCUT2D eigenvalue weighted by atomic mass is 31.2. The number of amides is 2. The van der Waals surface area contributed by atoms with Crippen molar-refractivity contribution in [3.8, 4) is 0 Å². The predicted octanol–water partition coefficient (Wildman–Crippen LogP) is 1.04. The van der Waals surface area contributed by atoms with Crippen molar-refractivity contribution < 1.29 is 47.4 Å². The van der Waals surface area contributed by atoms with E-state index in [0.717, 1.165) is 19.3 Å². The number of hydrogen-bond donors (Lipinski definition) is 3. The van der Waals surface area contributed by atoms with Gasteiger partial charge in [0.2, 0.25) is 24.4 Å². The van der Waals surface area contributed by atoms with E-state index in [2.05, 4.69) is 5.32 Å². The summed E-state index contributed by atoms with van der Waals surface area (Å²) in [5, 5.41) is 24.4. The van der Waals surface area contributed by atoms with E-state index in [-0.39, 0.29) is 43.3 Å². The van der Waals surface area contributed by atoms with Crippen LogP contribution in [0.1, 0.15) is 32.1 Å². The zero-order chi connectivity index (χ0) is 23.6. The van der Waals surface area contributed by atoms with E-state index >= 15 is 0 Å². The van der Waals surface area contributed by atoms with Crippen molar-refractivity contribution in [2.24, 2.45) is 17.8 Å². The Morgan fingerprint density at radius 2 is 2.00 bits per heavy atom. The van der Waals surface area contributed by atoms with Gasteiger partial charge in [-0.05, 0) is 31.3 Å². The molecule has 186 valence electrons. The van der Waals surface area contributed by atoms with Crippen LogP contribution in [0.3, 0.4) is 0 Å². The fraction of sp³-hybridized carbons (Fsp3) is 0.714. The van der Waals surface area contributed by atoms with Crippen LogP contribution in [-0.2, 0) is 37.2 Å². The maximum atomic E-state index is 13.3. The van der Waals surface area contributed by atoms with Gasteiger partial charge < -0.3 is 29.9 Å². The van der Waals surface area contributed by atoms with Crippen LogP contribution in [0, 0.1) is 17.8 Å². The maximum absolute atomic E-state index is 13.3. The van der Waals surface area contributed by atoms with Crippen LogP contribution in [0.25, 0.3) is 0 Å². The third-order valence-corrected chi connectivity index (χ3v) is 8.99. The van der Waals surface area contributed by atoms with E-state index in [1.807, 2.05) is 0 Å². The summed E-state index contributed by atoms with van der Waals surface area (Å²) in [6.07, 6.45) is 2.02. The molecule has 0 bridgehead atoms. The summed E-state index contributed by atoms with van der Waals surface area (Å²) in [5.41, 5.74) is 0. The van der Waals surface area contributed by atoms with E-state index in [1.54, 1.807) is 6.08 Å². The van der Waals surface area contributed by atoms with E-state index in [1.165, 1.54) is 4.90 Å². The molecule has 5 fully saturated rings. The third kappa shape index (κ3) is 3.54. The van der Waals surface area contributed by atoms with Gasteiger partial charge in [0, 0.05) is 18.9 Å². The summed E-state index contributed by atoms with van der Waals surface area (Å²) in [6, 6.07) is -0.630. The smallest absolute Gasteiger partial charge is 0.477 e. The number of likely N-dealkylation sites (tertiary alicyclic amines) is 1. The van der Waals surface area contributed by atoms with E-state index in [9.17, 15) is 24.4 Å². The van der Waals surface area contributed by atoms with Crippen LogP contribution in [0.2, 0.25) is 0 Å². The Labute approximate surface area is 195 Å². The zero-order valence-corrected chi connectivity index (χ0v) is 19.2. The molecule has 0 aromatic heterocycles. The average molecular weight is 498 g/mol. The molecule has 4 saturated heterocycles. The fourth-order valence-electron chi connectivity index (χ4n) is 5.90. The molecule has 4 unspecified atom stereocenters. The molecule has 4 heterocycles. The Morgan fingerprint density at radius 1 is 1.18 bits per heavy atom. The SMILES string of the molecule is O=C1N[C@@H]2C(C[C@H](O)[C@H]3OP(=O)(OCN4CCCCCC4=O)O[C@H]32)C2C=C3OCOC3=C(O)C12. The van der Waals surface area contributed by atoms with E-state index < -0.39 is 49.9 Å². The Kier molecular flexibility index (Phi) is 5.42. The van der Waals surface area contributed by atoms with Crippen molar-refractivity contribution in [2.75, 3.05) is 20.1 Å². The van der Waals surface area contributed by atoms with E-state index in [0.29, 0.717) is 18.7 Å². The summed E-state index contributed by atoms with van der Waals surface area (Å²) in [4.78, 5) is 26.7. The molecule has 0 spiro atoms. The Morgan fingerprint density at radius 3 is 2.85 bits per heavy atom. The maximum Gasteiger partial charge on any atom is 0.477 e. The van der Waals surface area contributed by atoms with Crippen LogP contribution in [0.4, 0.5) is 0 Å². The van der Waals surface area contributed by atoms with Gasteiger partial charge in [-0.2, -0.15) is 0 Å². The number of hydrogen-bond acceptors (Lipinski definition) is 10. The molecule has 12 nitrogen and oxygen atoms in total. The molecule has 6 aliphatic rings. The number of ether oxygens (including phenoxy) is 2.